The highest BCUT2D eigenvalue weighted by Crippen LogP contribution is 2.34. The number of nitrogens with one attached hydrogen (secondary N) is 1. The van der Waals surface area contributed by atoms with Gasteiger partial charge in [-0.3, -0.25) is 5.41 Å². The summed E-state index contributed by atoms with van der Waals surface area (Å²) in [7, 11) is 1.36. The molecule has 1 rings (SSSR count). The average Bonchev–Trinajstić information content (AvgIpc) is 2.38. The first kappa shape index (κ1) is 15.7. The van der Waals surface area contributed by atoms with E-state index in [4.69, 9.17) is 10.1 Å². The normalized spacial score (nSPS) is 40.6. The van der Waals surface area contributed by atoms with Crippen molar-refractivity contribution in [1.29, 1.82) is 5.41 Å². The third-order valence-corrected chi connectivity index (χ3v) is 4.03. The van der Waals surface area contributed by atoms with Crippen LogP contribution in [0.25, 0.3) is 0 Å². The highest BCUT2D eigenvalue weighted by molar-refractivity contribution is 8.00. The fourth-order valence-electron chi connectivity index (χ4n) is 1.59. The molecular formula is C10H19NO6S. The van der Waals surface area contributed by atoms with E-state index in [0.29, 0.717) is 0 Å². The molecule has 2 unspecified atom stereocenters. The zero-order valence-corrected chi connectivity index (χ0v) is 11.1. The average molecular weight is 281 g/mol. The smallest absolute Gasteiger partial charge is 0.190 e. The molecule has 1 fully saturated rings. The minimum Gasteiger partial charge on any atom is -0.484 e. The maximum absolute atomic E-state index is 9.77. The lowest BCUT2D eigenvalue weighted by Gasteiger charge is -2.46. The number of hydrogen-bond donors (Lipinski definition) is 5. The van der Waals surface area contributed by atoms with Gasteiger partial charge in [-0.05, 0) is 6.92 Å². The molecule has 0 bridgehead atoms. The van der Waals surface area contributed by atoms with Gasteiger partial charge in [0.2, 0.25) is 0 Å². The van der Waals surface area contributed by atoms with Crippen molar-refractivity contribution in [2.24, 2.45) is 0 Å². The van der Waals surface area contributed by atoms with Gasteiger partial charge in [0, 0.05) is 0 Å². The van der Waals surface area contributed by atoms with Crippen molar-refractivity contribution in [3.8, 4) is 0 Å². The lowest BCUT2D eigenvalue weighted by Crippen LogP contribution is -2.63. The Morgan fingerprint density at radius 3 is 2.50 bits per heavy atom. The summed E-state index contributed by atoms with van der Waals surface area (Å²) < 4.78 is 10.1. The van der Waals surface area contributed by atoms with E-state index < -0.39 is 36.0 Å². The molecule has 18 heavy (non-hydrogen) atoms. The molecule has 0 aromatic heterocycles. The third kappa shape index (κ3) is 3.14. The summed E-state index contributed by atoms with van der Waals surface area (Å²) in [5, 5.41) is 45.8. The number of aliphatic hydroxyl groups is 4. The zero-order chi connectivity index (χ0) is 13.9. The second kappa shape index (κ2) is 6.18. The predicted octanol–water partition coefficient (Wildman–Crippen LogP) is -1.47. The minimum absolute atomic E-state index is 0.00196. The fraction of sp³-hybridized carbons (Fsp3) is 0.900. The molecule has 1 aliphatic rings. The number of methoxy groups -OCH3 is 1. The number of ether oxygens (including phenoxy) is 2. The Morgan fingerprint density at radius 1 is 1.39 bits per heavy atom. The summed E-state index contributed by atoms with van der Waals surface area (Å²) in [6, 6.07) is 0. The lowest BCUT2D eigenvalue weighted by atomic mass is 9.89. The van der Waals surface area contributed by atoms with Crippen LogP contribution in [0, 0.1) is 5.41 Å². The van der Waals surface area contributed by atoms with E-state index in [-0.39, 0.29) is 11.7 Å². The van der Waals surface area contributed by atoms with E-state index in [1.807, 2.05) is 0 Å². The Labute approximate surface area is 109 Å². The summed E-state index contributed by atoms with van der Waals surface area (Å²) in [6.45, 7) is 0.957. The van der Waals surface area contributed by atoms with Crippen molar-refractivity contribution in [2.45, 2.75) is 36.3 Å². The summed E-state index contributed by atoms with van der Waals surface area (Å²) in [6.07, 6.45) is -4.09. The SMILES string of the molecule is COC(=N)CS[C@@H]1OC(C)(CO)[C@H](O)[C@H](O)C1O. The molecule has 8 heteroatoms. The second-order valence-electron chi connectivity index (χ2n) is 4.32. The highest BCUT2D eigenvalue weighted by Gasteiger charge is 2.50. The monoisotopic (exact) mass is 281 g/mol. The predicted molar refractivity (Wildman–Crippen MR) is 65.6 cm³/mol. The molecule has 0 saturated carbocycles. The van der Waals surface area contributed by atoms with Gasteiger partial charge in [-0.2, -0.15) is 0 Å². The molecule has 0 spiro atoms. The molecule has 0 aliphatic carbocycles. The maximum Gasteiger partial charge on any atom is 0.190 e. The molecular weight excluding hydrogens is 262 g/mol. The highest BCUT2D eigenvalue weighted by atomic mass is 32.2. The number of thioether (sulfide) groups is 1. The Morgan fingerprint density at radius 2 is 2.00 bits per heavy atom. The third-order valence-electron chi connectivity index (χ3n) is 2.90. The Kier molecular flexibility index (Phi) is 5.38. The van der Waals surface area contributed by atoms with Gasteiger partial charge in [0.25, 0.3) is 0 Å². The molecule has 0 aromatic carbocycles. The van der Waals surface area contributed by atoms with E-state index in [0.717, 1.165) is 11.8 Å². The minimum atomic E-state index is -1.41. The molecule has 1 aliphatic heterocycles. The molecule has 106 valence electrons. The number of aliphatic hydroxyl groups excluding tert-OH is 4. The lowest BCUT2D eigenvalue weighted by molar-refractivity contribution is -0.249. The number of hydrogen-bond acceptors (Lipinski definition) is 8. The van der Waals surface area contributed by atoms with Gasteiger partial charge in [0.1, 0.15) is 29.3 Å². The van der Waals surface area contributed by atoms with E-state index in [9.17, 15) is 20.4 Å². The van der Waals surface area contributed by atoms with Crippen LogP contribution >= 0.6 is 11.8 Å². The standard InChI is InChI=1S/C10H19NO6S/c1-10(4-12)8(15)6(13)7(14)9(17-10)18-3-5(11)16-2/h6-9,11-15H,3-4H2,1-2H3/t6-,7?,8-,9+,10?/m1/s1. The Hall–Kier alpha value is -0.380. The first-order chi connectivity index (χ1) is 8.35. The van der Waals surface area contributed by atoms with Crippen molar-refractivity contribution in [2.75, 3.05) is 19.5 Å². The topological polar surface area (TPSA) is 123 Å². The first-order valence-electron chi connectivity index (χ1n) is 5.41. The van der Waals surface area contributed by atoms with Crippen LogP contribution in [0.4, 0.5) is 0 Å². The summed E-state index contributed by atoms with van der Waals surface area (Å²) in [5.41, 5.74) is -2.19. The van der Waals surface area contributed by atoms with Crippen LogP contribution in [-0.4, -0.2) is 75.1 Å². The fourth-order valence-corrected chi connectivity index (χ4v) is 2.67. The van der Waals surface area contributed by atoms with Crippen molar-refractivity contribution in [3.05, 3.63) is 0 Å². The van der Waals surface area contributed by atoms with Crippen LogP contribution in [0.1, 0.15) is 6.92 Å². The van der Waals surface area contributed by atoms with E-state index in [2.05, 4.69) is 4.74 Å². The van der Waals surface area contributed by atoms with Crippen molar-refractivity contribution < 1.29 is 29.9 Å². The zero-order valence-electron chi connectivity index (χ0n) is 10.2. The van der Waals surface area contributed by atoms with Gasteiger partial charge in [-0.1, -0.05) is 0 Å². The van der Waals surface area contributed by atoms with Crippen molar-refractivity contribution >= 4 is 17.7 Å². The maximum atomic E-state index is 9.77. The molecule has 0 aromatic rings. The van der Waals surface area contributed by atoms with Gasteiger partial charge in [0.05, 0.1) is 19.5 Å². The van der Waals surface area contributed by atoms with Gasteiger partial charge in [-0.15, -0.1) is 11.8 Å². The first-order valence-corrected chi connectivity index (χ1v) is 6.46. The van der Waals surface area contributed by atoms with Crippen molar-refractivity contribution in [1.82, 2.24) is 0 Å². The molecule has 1 heterocycles. The molecule has 7 nitrogen and oxygen atoms in total. The molecule has 0 amide bonds. The molecule has 5 N–H and O–H groups in total. The summed E-state index contributed by atoms with van der Waals surface area (Å²) in [5.74, 6) is 0.157. The van der Waals surface area contributed by atoms with E-state index in [1.54, 1.807) is 0 Å². The molecule has 5 atom stereocenters. The van der Waals surface area contributed by atoms with Gasteiger partial charge < -0.3 is 29.9 Å². The van der Waals surface area contributed by atoms with Crippen LogP contribution in [-0.2, 0) is 9.47 Å². The molecule has 0 radical (unpaired) electrons. The van der Waals surface area contributed by atoms with Gasteiger partial charge >= 0.3 is 0 Å². The Balaban J connectivity index is 2.70. The van der Waals surface area contributed by atoms with Crippen LogP contribution in [0.15, 0.2) is 0 Å². The molecule has 1 saturated heterocycles. The summed E-state index contributed by atoms with van der Waals surface area (Å²) >= 11 is 1.06. The van der Waals surface area contributed by atoms with Gasteiger partial charge in [0.15, 0.2) is 5.90 Å². The van der Waals surface area contributed by atoms with Gasteiger partial charge in [-0.25, -0.2) is 0 Å². The largest absolute Gasteiger partial charge is 0.484 e. The Bertz CT molecular complexity index is 304. The van der Waals surface area contributed by atoms with Crippen LogP contribution in [0.5, 0.6) is 0 Å². The number of rotatable bonds is 4. The quantitative estimate of drug-likeness (QED) is 0.315. The van der Waals surface area contributed by atoms with E-state index in [1.165, 1.54) is 14.0 Å². The second-order valence-corrected chi connectivity index (χ2v) is 5.41. The van der Waals surface area contributed by atoms with Crippen LogP contribution in [0.2, 0.25) is 0 Å². The van der Waals surface area contributed by atoms with Crippen LogP contribution in [0.3, 0.4) is 0 Å². The van der Waals surface area contributed by atoms with E-state index >= 15 is 0 Å². The van der Waals surface area contributed by atoms with Crippen molar-refractivity contribution in [3.63, 3.8) is 0 Å². The summed E-state index contributed by atoms with van der Waals surface area (Å²) in [4.78, 5) is 0. The van der Waals surface area contributed by atoms with Crippen LogP contribution < -0.4 is 0 Å².